The largest absolute Gasteiger partial charge is 0.355 e. The number of hydrogen-bond donors (Lipinski definition) is 0. The number of hydrogen-bond acceptors (Lipinski definition) is 5. The van der Waals surface area contributed by atoms with Crippen LogP contribution in [-0.4, -0.2) is 34.5 Å². The minimum absolute atomic E-state index is 0.0202. The van der Waals surface area contributed by atoms with E-state index in [1.807, 2.05) is 11.8 Å². The third kappa shape index (κ3) is 3.60. The van der Waals surface area contributed by atoms with Crippen molar-refractivity contribution in [3.8, 4) is 0 Å². The molecule has 104 valence electrons. The molecule has 5 nitrogen and oxygen atoms in total. The smallest absolute Gasteiger partial charge is 0.288 e. The Morgan fingerprint density at radius 2 is 2.37 bits per heavy atom. The highest BCUT2D eigenvalue weighted by molar-refractivity contribution is 9.10. The predicted molar refractivity (Wildman–Crippen MR) is 82.0 cm³/mol. The van der Waals surface area contributed by atoms with Crippen molar-refractivity contribution in [2.45, 2.75) is 24.5 Å². The first-order chi connectivity index (χ1) is 9.11. The van der Waals surface area contributed by atoms with Crippen molar-refractivity contribution in [3.05, 3.63) is 26.9 Å². The van der Waals surface area contributed by atoms with E-state index in [2.05, 4.69) is 32.1 Å². The van der Waals surface area contributed by atoms with E-state index in [-0.39, 0.29) is 5.69 Å². The van der Waals surface area contributed by atoms with E-state index < -0.39 is 4.92 Å². The van der Waals surface area contributed by atoms with Gasteiger partial charge >= 0.3 is 0 Å². The summed E-state index contributed by atoms with van der Waals surface area (Å²) in [6.45, 7) is 1.91. The predicted octanol–water partition coefficient (Wildman–Crippen LogP) is 3.47. The summed E-state index contributed by atoms with van der Waals surface area (Å²) in [5.41, 5.74) is 0.0202. The second-order valence-electron chi connectivity index (χ2n) is 4.56. The number of nitro groups is 1. The molecule has 0 amide bonds. The minimum atomic E-state index is -0.422. The summed E-state index contributed by atoms with van der Waals surface area (Å²) in [6, 6.07) is 1.53. The number of anilines is 1. The van der Waals surface area contributed by atoms with Crippen LogP contribution >= 0.6 is 27.7 Å². The molecule has 0 spiro atoms. The molecule has 0 aliphatic carbocycles. The highest BCUT2D eigenvalue weighted by Crippen LogP contribution is 2.30. The molecule has 0 radical (unpaired) electrons. The highest BCUT2D eigenvalue weighted by atomic mass is 79.9. The van der Waals surface area contributed by atoms with Gasteiger partial charge in [0, 0.05) is 24.4 Å². The summed E-state index contributed by atoms with van der Waals surface area (Å²) in [6.07, 6.45) is 7.06. The second kappa shape index (κ2) is 6.56. The summed E-state index contributed by atoms with van der Waals surface area (Å²) >= 11 is 5.28. The van der Waals surface area contributed by atoms with Crippen molar-refractivity contribution in [1.29, 1.82) is 0 Å². The number of nitrogens with zero attached hydrogens (tertiary/aromatic N) is 3. The van der Waals surface area contributed by atoms with Gasteiger partial charge in [0.15, 0.2) is 0 Å². The van der Waals surface area contributed by atoms with Crippen LogP contribution in [-0.2, 0) is 0 Å². The van der Waals surface area contributed by atoms with Crippen LogP contribution in [0.3, 0.4) is 0 Å². The molecule has 0 bridgehead atoms. The fraction of sp³-hybridized carbons (Fsp3) is 0.583. The van der Waals surface area contributed by atoms with Gasteiger partial charge in [-0.05, 0) is 35.0 Å². The standard InChI is InChI=1S/C12H16BrN3O2S/c1-19-10-4-2-3-5-15(8-10)12-11(13)6-9(7-14-12)16(17)18/h6-7,10H,2-5,8H2,1H3. The van der Waals surface area contributed by atoms with Crippen LogP contribution in [0.15, 0.2) is 16.7 Å². The molecule has 1 aliphatic rings. The molecular weight excluding hydrogens is 330 g/mol. The van der Waals surface area contributed by atoms with Crippen LogP contribution in [0.1, 0.15) is 19.3 Å². The highest BCUT2D eigenvalue weighted by Gasteiger charge is 2.21. The van der Waals surface area contributed by atoms with Crippen LogP contribution < -0.4 is 4.90 Å². The normalized spacial score (nSPS) is 20.1. The van der Waals surface area contributed by atoms with E-state index in [0.717, 1.165) is 25.3 Å². The van der Waals surface area contributed by atoms with Crippen LogP contribution in [0.25, 0.3) is 0 Å². The molecule has 1 saturated heterocycles. The quantitative estimate of drug-likeness (QED) is 0.620. The Bertz CT molecular complexity index is 472. The first kappa shape index (κ1) is 14.6. The molecule has 0 N–H and O–H groups in total. The van der Waals surface area contributed by atoms with E-state index in [9.17, 15) is 10.1 Å². The molecule has 0 saturated carbocycles. The Morgan fingerprint density at radius 3 is 3.00 bits per heavy atom. The monoisotopic (exact) mass is 345 g/mol. The number of aromatic nitrogens is 1. The zero-order valence-corrected chi connectivity index (χ0v) is 13.1. The van der Waals surface area contributed by atoms with E-state index >= 15 is 0 Å². The van der Waals surface area contributed by atoms with Gasteiger partial charge in [-0.1, -0.05) is 6.42 Å². The van der Waals surface area contributed by atoms with E-state index in [1.165, 1.54) is 25.1 Å². The average molecular weight is 346 g/mol. The maximum absolute atomic E-state index is 10.7. The third-order valence-corrected chi connectivity index (χ3v) is 4.91. The van der Waals surface area contributed by atoms with Crippen LogP contribution in [0.4, 0.5) is 11.5 Å². The molecule has 1 aliphatic heterocycles. The van der Waals surface area contributed by atoms with Crippen molar-refractivity contribution in [3.63, 3.8) is 0 Å². The molecule has 19 heavy (non-hydrogen) atoms. The van der Waals surface area contributed by atoms with Crippen molar-refractivity contribution in [2.75, 3.05) is 24.2 Å². The zero-order valence-electron chi connectivity index (χ0n) is 10.7. The Labute approximate surface area is 125 Å². The van der Waals surface area contributed by atoms with E-state index in [4.69, 9.17) is 0 Å². The van der Waals surface area contributed by atoms with Gasteiger partial charge in [-0.15, -0.1) is 0 Å². The molecule has 2 heterocycles. The summed E-state index contributed by atoms with van der Waals surface area (Å²) in [7, 11) is 0. The molecule has 1 aromatic rings. The molecule has 7 heteroatoms. The number of halogens is 1. The molecule has 1 fully saturated rings. The fourth-order valence-electron chi connectivity index (χ4n) is 2.24. The van der Waals surface area contributed by atoms with Gasteiger partial charge in [-0.2, -0.15) is 11.8 Å². The van der Waals surface area contributed by atoms with Gasteiger partial charge in [-0.25, -0.2) is 4.98 Å². The second-order valence-corrected chi connectivity index (χ2v) is 6.55. The average Bonchev–Trinajstić information content (AvgIpc) is 2.63. The lowest BCUT2D eigenvalue weighted by Crippen LogP contribution is -2.30. The molecule has 1 atom stereocenters. The summed E-state index contributed by atoms with van der Waals surface area (Å²) < 4.78 is 0.698. The lowest BCUT2D eigenvalue weighted by Gasteiger charge is -2.25. The summed E-state index contributed by atoms with van der Waals surface area (Å²) in [4.78, 5) is 16.8. The third-order valence-electron chi connectivity index (χ3n) is 3.28. The van der Waals surface area contributed by atoms with Crippen LogP contribution in [0, 0.1) is 10.1 Å². The number of pyridine rings is 1. The topological polar surface area (TPSA) is 59.3 Å². The van der Waals surface area contributed by atoms with E-state index in [0.29, 0.717) is 9.72 Å². The van der Waals surface area contributed by atoms with Crippen molar-refractivity contribution >= 4 is 39.2 Å². The van der Waals surface area contributed by atoms with Crippen molar-refractivity contribution < 1.29 is 4.92 Å². The van der Waals surface area contributed by atoms with Gasteiger partial charge < -0.3 is 4.90 Å². The van der Waals surface area contributed by atoms with Gasteiger partial charge in [0.25, 0.3) is 5.69 Å². The molecule has 1 unspecified atom stereocenters. The van der Waals surface area contributed by atoms with Crippen LogP contribution in [0.5, 0.6) is 0 Å². The SMILES string of the molecule is CSC1CCCCN(c2ncc([N+](=O)[O-])cc2Br)C1. The summed E-state index contributed by atoms with van der Waals surface area (Å²) in [5, 5.41) is 11.3. The summed E-state index contributed by atoms with van der Waals surface area (Å²) in [5.74, 6) is 0.812. The van der Waals surface area contributed by atoms with Gasteiger partial charge in [-0.3, -0.25) is 10.1 Å². The number of thioether (sulfide) groups is 1. The lowest BCUT2D eigenvalue weighted by atomic mass is 10.2. The molecule has 0 aromatic carbocycles. The van der Waals surface area contributed by atoms with Crippen molar-refractivity contribution in [1.82, 2.24) is 4.98 Å². The maximum atomic E-state index is 10.7. The Balaban J connectivity index is 2.22. The minimum Gasteiger partial charge on any atom is -0.355 e. The maximum Gasteiger partial charge on any atom is 0.288 e. The lowest BCUT2D eigenvalue weighted by molar-refractivity contribution is -0.385. The first-order valence-electron chi connectivity index (χ1n) is 6.19. The Hall–Kier alpha value is -0.820. The fourth-order valence-corrected chi connectivity index (χ4v) is 3.56. The Morgan fingerprint density at radius 1 is 1.58 bits per heavy atom. The van der Waals surface area contributed by atoms with Gasteiger partial charge in [0.1, 0.15) is 12.0 Å². The number of rotatable bonds is 3. The van der Waals surface area contributed by atoms with Gasteiger partial charge in [0.05, 0.1) is 9.40 Å². The first-order valence-corrected chi connectivity index (χ1v) is 8.27. The molecular formula is C12H16BrN3O2S. The Kier molecular flexibility index (Phi) is 5.04. The van der Waals surface area contributed by atoms with Crippen molar-refractivity contribution in [2.24, 2.45) is 0 Å². The zero-order chi connectivity index (χ0) is 13.8. The molecule has 2 rings (SSSR count). The van der Waals surface area contributed by atoms with Gasteiger partial charge in [0.2, 0.25) is 0 Å². The van der Waals surface area contributed by atoms with Crippen LogP contribution in [0.2, 0.25) is 0 Å². The molecule has 1 aromatic heterocycles. The van der Waals surface area contributed by atoms with E-state index in [1.54, 1.807) is 0 Å².